The SMILES string of the molecule is CC1=CC=C(C(=O)OC(=O)C2=CCCC=C2N)C(N)=CC1. The summed E-state index contributed by atoms with van der Waals surface area (Å²) in [4.78, 5) is 24.1. The van der Waals surface area contributed by atoms with Crippen LogP contribution in [-0.2, 0) is 14.3 Å². The Bertz CT molecular complexity index is 634. The van der Waals surface area contributed by atoms with E-state index in [0.29, 0.717) is 24.2 Å². The van der Waals surface area contributed by atoms with Gasteiger partial charge in [-0.05, 0) is 32.3 Å². The third-order valence-corrected chi connectivity index (χ3v) is 3.31. The zero-order valence-electron chi connectivity index (χ0n) is 11.9. The first-order valence-corrected chi connectivity index (χ1v) is 6.75. The van der Waals surface area contributed by atoms with Crippen LogP contribution in [-0.4, -0.2) is 11.9 Å². The summed E-state index contributed by atoms with van der Waals surface area (Å²) in [5.74, 6) is -1.51. The molecule has 0 aromatic carbocycles. The standard InChI is InChI=1S/C16H18N2O3/c1-10-6-8-12(14(18)9-7-10)16(20)21-15(19)11-4-2-3-5-13(11)17/h4-6,8-9H,2-3,7,17-18H2,1H3. The van der Waals surface area contributed by atoms with Crippen molar-refractivity contribution in [1.29, 1.82) is 0 Å². The van der Waals surface area contributed by atoms with Crippen molar-refractivity contribution in [3.8, 4) is 0 Å². The maximum atomic E-state index is 12.1. The van der Waals surface area contributed by atoms with Gasteiger partial charge in [0.2, 0.25) is 0 Å². The molecule has 0 atom stereocenters. The normalized spacial score (nSPS) is 18.4. The van der Waals surface area contributed by atoms with Gasteiger partial charge in [-0.3, -0.25) is 0 Å². The maximum Gasteiger partial charge on any atom is 0.348 e. The van der Waals surface area contributed by atoms with Crippen LogP contribution in [0, 0.1) is 0 Å². The smallest absolute Gasteiger partial charge is 0.348 e. The van der Waals surface area contributed by atoms with Crippen LogP contribution < -0.4 is 11.5 Å². The van der Waals surface area contributed by atoms with Gasteiger partial charge in [-0.1, -0.05) is 29.9 Å². The van der Waals surface area contributed by atoms with Crippen LogP contribution in [0.25, 0.3) is 0 Å². The molecule has 0 bridgehead atoms. The first-order valence-electron chi connectivity index (χ1n) is 6.75. The number of carbonyl (C=O) groups excluding carboxylic acids is 2. The van der Waals surface area contributed by atoms with Gasteiger partial charge in [-0.15, -0.1) is 0 Å². The predicted octanol–water partition coefficient (Wildman–Crippen LogP) is 1.74. The fourth-order valence-corrected chi connectivity index (χ4v) is 2.05. The summed E-state index contributed by atoms with van der Waals surface area (Å²) < 4.78 is 4.88. The fourth-order valence-electron chi connectivity index (χ4n) is 2.05. The minimum atomic E-state index is -0.765. The molecule has 21 heavy (non-hydrogen) atoms. The van der Waals surface area contributed by atoms with E-state index in [1.54, 1.807) is 30.4 Å². The number of allylic oxidation sites excluding steroid dienone is 6. The van der Waals surface area contributed by atoms with Gasteiger partial charge in [0.15, 0.2) is 0 Å². The van der Waals surface area contributed by atoms with Gasteiger partial charge in [0, 0.05) is 11.4 Å². The van der Waals surface area contributed by atoms with Crippen LogP contribution in [0.3, 0.4) is 0 Å². The van der Waals surface area contributed by atoms with Crippen molar-refractivity contribution >= 4 is 11.9 Å². The van der Waals surface area contributed by atoms with Crippen molar-refractivity contribution in [3.05, 3.63) is 58.5 Å². The summed E-state index contributed by atoms with van der Waals surface area (Å²) in [6.45, 7) is 1.93. The van der Waals surface area contributed by atoms with Crippen LogP contribution >= 0.6 is 0 Å². The first kappa shape index (κ1) is 14.8. The molecule has 0 unspecified atom stereocenters. The minimum absolute atomic E-state index is 0.180. The molecule has 2 aliphatic rings. The Morgan fingerprint density at radius 2 is 1.57 bits per heavy atom. The Kier molecular flexibility index (Phi) is 4.42. The van der Waals surface area contributed by atoms with E-state index in [4.69, 9.17) is 16.2 Å². The third-order valence-electron chi connectivity index (χ3n) is 3.31. The van der Waals surface area contributed by atoms with Crippen LogP contribution in [0.15, 0.2) is 58.5 Å². The molecule has 2 aliphatic carbocycles. The van der Waals surface area contributed by atoms with Gasteiger partial charge in [0.1, 0.15) is 0 Å². The molecule has 110 valence electrons. The summed E-state index contributed by atoms with van der Waals surface area (Å²) in [7, 11) is 0. The van der Waals surface area contributed by atoms with Gasteiger partial charge in [0.25, 0.3) is 0 Å². The van der Waals surface area contributed by atoms with Crippen LogP contribution in [0.1, 0.15) is 26.2 Å². The maximum absolute atomic E-state index is 12.1. The van der Waals surface area contributed by atoms with Crippen molar-refractivity contribution in [1.82, 2.24) is 0 Å². The molecule has 0 saturated carbocycles. The van der Waals surface area contributed by atoms with E-state index in [0.717, 1.165) is 12.0 Å². The highest BCUT2D eigenvalue weighted by Gasteiger charge is 2.22. The summed E-state index contributed by atoms with van der Waals surface area (Å²) in [6.07, 6.45) is 10.6. The number of nitrogens with two attached hydrogens (primary N) is 2. The molecule has 0 aliphatic heterocycles. The molecule has 0 spiro atoms. The van der Waals surface area contributed by atoms with E-state index in [1.165, 1.54) is 0 Å². The van der Waals surface area contributed by atoms with Gasteiger partial charge >= 0.3 is 11.9 Å². The highest BCUT2D eigenvalue weighted by molar-refractivity contribution is 6.05. The molecule has 5 heteroatoms. The molecular formula is C16H18N2O3. The Hall–Kier alpha value is -2.56. The zero-order chi connectivity index (χ0) is 15.4. The fraction of sp³-hybridized carbons (Fsp3) is 0.250. The Labute approximate surface area is 123 Å². The molecule has 0 aromatic heterocycles. The Morgan fingerprint density at radius 3 is 2.29 bits per heavy atom. The second-order valence-corrected chi connectivity index (χ2v) is 4.99. The van der Waals surface area contributed by atoms with E-state index >= 15 is 0 Å². The first-order chi connectivity index (χ1) is 9.99. The molecule has 0 heterocycles. The van der Waals surface area contributed by atoms with Gasteiger partial charge in [-0.25, -0.2) is 9.59 Å². The lowest BCUT2D eigenvalue weighted by molar-refractivity contribution is -0.153. The summed E-state index contributed by atoms with van der Waals surface area (Å²) in [5.41, 5.74) is 13.7. The van der Waals surface area contributed by atoms with Gasteiger partial charge in [0.05, 0.1) is 11.1 Å². The summed E-state index contributed by atoms with van der Waals surface area (Å²) in [6, 6.07) is 0. The highest BCUT2D eigenvalue weighted by atomic mass is 16.6. The highest BCUT2D eigenvalue weighted by Crippen LogP contribution is 2.19. The van der Waals surface area contributed by atoms with Crippen molar-refractivity contribution < 1.29 is 14.3 Å². The number of carbonyl (C=O) groups is 2. The van der Waals surface area contributed by atoms with Crippen molar-refractivity contribution in [3.63, 3.8) is 0 Å². The van der Waals surface area contributed by atoms with Gasteiger partial charge in [-0.2, -0.15) is 0 Å². The number of ether oxygens (including phenoxy) is 1. The van der Waals surface area contributed by atoms with Crippen molar-refractivity contribution in [2.75, 3.05) is 0 Å². The molecule has 0 amide bonds. The second kappa shape index (κ2) is 6.26. The molecule has 0 fully saturated rings. The third kappa shape index (κ3) is 3.51. The lowest BCUT2D eigenvalue weighted by Gasteiger charge is -2.12. The summed E-state index contributed by atoms with van der Waals surface area (Å²) >= 11 is 0. The predicted molar refractivity (Wildman–Crippen MR) is 79.4 cm³/mol. The lowest BCUT2D eigenvalue weighted by Crippen LogP contribution is -2.22. The van der Waals surface area contributed by atoms with Crippen molar-refractivity contribution in [2.24, 2.45) is 11.5 Å². The van der Waals surface area contributed by atoms with Crippen LogP contribution in [0.5, 0.6) is 0 Å². The molecule has 0 saturated heterocycles. The number of hydrogen-bond acceptors (Lipinski definition) is 5. The number of esters is 2. The van der Waals surface area contributed by atoms with Gasteiger partial charge < -0.3 is 16.2 Å². The Morgan fingerprint density at radius 1 is 0.952 bits per heavy atom. The van der Waals surface area contributed by atoms with Crippen LogP contribution in [0.4, 0.5) is 0 Å². The lowest BCUT2D eigenvalue weighted by atomic mass is 10.0. The molecule has 4 N–H and O–H groups in total. The van der Waals surface area contributed by atoms with E-state index < -0.39 is 11.9 Å². The quantitative estimate of drug-likeness (QED) is 0.595. The van der Waals surface area contributed by atoms with Crippen LogP contribution in [0.2, 0.25) is 0 Å². The average Bonchev–Trinajstić information content (AvgIpc) is 2.61. The van der Waals surface area contributed by atoms with E-state index in [-0.39, 0.29) is 11.1 Å². The molecule has 0 radical (unpaired) electrons. The average molecular weight is 286 g/mol. The monoisotopic (exact) mass is 286 g/mol. The second-order valence-electron chi connectivity index (χ2n) is 4.99. The zero-order valence-corrected chi connectivity index (χ0v) is 11.9. The van der Waals surface area contributed by atoms with E-state index in [9.17, 15) is 9.59 Å². The Balaban J connectivity index is 2.13. The largest absolute Gasteiger partial charge is 0.398 e. The number of rotatable bonds is 2. The summed E-state index contributed by atoms with van der Waals surface area (Å²) in [5, 5.41) is 0. The number of hydrogen-bond donors (Lipinski definition) is 2. The topological polar surface area (TPSA) is 95.4 Å². The molecule has 5 nitrogen and oxygen atoms in total. The molecular weight excluding hydrogens is 268 g/mol. The molecule has 2 rings (SSSR count). The van der Waals surface area contributed by atoms with Crippen molar-refractivity contribution in [2.45, 2.75) is 26.2 Å². The minimum Gasteiger partial charge on any atom is -0.398 e. The van der Waals surface area contributed by atoms with E-state index in [2.05, 4.69) is 0 Å². The molecule has 0 aromatic rings. The van der Waals surface area contributed by atoms with E-state index in [1.807, 2.05) is 6.92 Å².